The number of carboxylic acid groups (broad SMARTS) is 1. The first kappa shape index (κ1) is 32.7. The van der Waals surface area contributed by atoms with E-state index >= 15 is 0 Å². The van der Waals surface area contributed by atoms with Crippen molar-refractivity contribution in [3.8, 4) is 22.7 Å². The summed E-state index contributed by atoms with van der Waals surface area (Å²) in [5.41, 5.74) is 7.59. The molecule has 6 rings (SSSR count). The lowest BCUT2D eigenvalue weighted by Gasteiger charge is -2.39. The Morgan fingerprint density at radius 3 is 2.38 bits per heavy atom. The number of carbonyl (C=O) groups excluding carboxylic acids is 2. The Morgan fingerprint density at radius 1 is 1.06 bits per heavy atom. The monoisotopic (exact) mass is 664 g/mol. The topological polar surface area (TPSA) is 161 Å². The third-order valence-electron chi connectivity index (χ3n) is 8.95. The van der Waals surface area contributed by atoms with Crippen molar-refractivity contribution >= 4 is 23.7 Å². The smallest absolute Gasteiger partial charge is 0.429 e. The number of piperidine rings is 1. The molecular weight excluding hydrogens is 631 g/mol. The van der Waals surface area contributed by atoms with Gasteiger partial charge in [-0.15, -0.1) is 0 Å². The fourth-order valence-electron chi connectivity index (χ4n) is 6.37. The summed E-state index contributed by atoms with van der Waals surface area (Å²) in [6.45, 7) is 3.24. The molecule has 15 heteroatoms. The molecule has 4 aromatic rings. The lowest BCUT2D eigenvalue weighted by atomic mass is 9.76. The highest BCUT2D eigenvalue weighted by Gasteiger charge is 2.46. The fraction of sp³-hybridized carbons (Fsp3) is 0.364. The normalized spacial score (nSPS) is 18.1. The number of nitrogens with two attached hydrogens (primary N) is 1. The van der Waals surface area contributed by atoms with Crippen LogP contribution in [0.4, 0.5) is 24.9 Å². The summed E-state index contributed by atoms with van der Waals surface area (Å²) >= 11 is 0. The molecule has 3 N–H and O–H groups in total. The van der Waals surface area contributed by atoms with E-state index < -0.39 is 30.3 Å². The second kappa shape index (κ2) is 12.8. The first-order chi connectivity index (χ1) is 22.8. The highest BCUT2D eigenvalue weighted by atomic mass is 19.4. The van der Waals surface area contributed by atoms with Gasteiger partial charge in [-0.3, -0.25) is 0 Å². The predicted molar refractivity (Wildman–Crippen MR) is 166 cm³/mol. The molecule has 12 nitrogen and oxygen atoms in total. The summed E-state index contributed by atoms with van der Waals surface area (Å²) < 4.78 is 56.7. The van der Waals surface area contributed by atoms with Gasteiger partial charge >= 0.3 is 12.1 Å². The van der Waals surface area contributed by atoms with Gasteiger partial charge < -0.3 is 35.3 Å². The molecule has 2 fully saturated rings. The first-order valence-electron chi connectivity index (χ1n) is 15.3. The molecule has 2 aliphatic heterocycles. The van der Waals surface area contributed by atoms with Gasteiger partial charge in [0.05, 0.1) is 30.0 Å². The minimum Gasteiger partial charge on any atom is -0.548 e. The van der Waals surface area contributed by atoms with Crippen LogP contribution in [-0.4, -0.2) is 70.6 Å². The zero-order chi connectivity index (χ0) is 34.2. The summed E-state index contributed by atoms with van der Waals surface area (Å²) in [6, 6.07) is 13.2. The number of ether oxygens (including phenoxy) is 2. The number of benzene rings is 2. The number of aliphatic carboxylic acids is 1. The molecule has 2 aromatic carbocycles. The molecule has 0 radical (unpaired) electrons. The minimum atomic E-state index is -4.90. The van der Waals surface area contributed by atoms with Crippen LogP contribution in [0.3, 0.4) is 0 Å². The Balaban J connectivity index is 1.32. The molecule has 0 saturated carbocycles. The van der Waals surface area contributed by atoms with Crippen molar-refractivity contribution in [3.63, 3.8) is 0 Å². The Kier molecular flexibility index (Phi) is 8.72. The first-order valence-corrected chi connectivity index (χ1v) is 15.3. The number of rotatable bonds is 8. The van der Waals surface area contributed by atoms with Crippen molar-refractivity contribution in [3.05, 3.63) is 77.6 Å². The summed E-state index contributed by atoms with van der Waals surface area (Å²) in [4.78, 5) is 33.4. The number of nitrogen functional groups attached to an aromatic ring is 1. The average Bonchev–Trinajstić information content (AvgIpc) is 3.69. The number of hydrogen-bond acceptors (Lipinski definition) is 11. The molecule has 48 heavy (non-hydrogen) atoms. The van der Waals surface area contributed by atoms with Crippen molar-refractivity contribution in [1.29, 1.82) is 0 Å². The number of esters is 1. The Morgan fingerprint density at radius 2 is 1.77 bits per heavy atom. The summed E-state index contributed by atoms with van der Waals surface area (Å²) in [5.74, 6) is -1.99. The van der Waals surface area contributed by atoms with Crippen LogP contribution < -0.4 is 25.8 Å². The van der Waals surface area contributed by atoms with Crippen molar-refractivity contribution in [1.82, 2.24) is 25.1 Å². The van der Waals surface area contributed by atoms with Gasteiger partial charge in [-0.2, -0.15) is 28.2 Å². The maximum atomic E-state index is 15.0. The Labute approximate surface area is 273 Å². The van der Waals surface area contributed by atoms with Gasteiger partial charge in [-0.05, 0) is 73.1 Å². The molecule has 2 aromatic heterocycles. The van der Waals surface area contributed by atoms with Crippen LogP contribution in [0, 0.1) is 12.3 Å². The molecule has 2 atom stereocenters. The molecular formula is C33H33F3N7O5-. The van der Waals surface area contributed by atoms with Gasteiger partial charge in [0.2, 0.25) is 17.9 Å². The van der Waals surface area contributed by atoms with Gasteiger partial charge in [0.25, 0.3) is 0 Å². The number of aromatic nitrogens is 4. The van der Waals surface area contributed by atoms with E-state index in [-0.39, 0.29) is 28.5 Å². The van der Waals surface area contributed by atoms with E-state index in [1.165, 1.54) is 42.1 Å². The third kappa shape index (κ3) is 6.76. The number of anilines is 2. The highest BCUT2D eigenvalue weighted by molar-refractivity contribution is 5.90. The molecule has 0 aliphatic carbocycles. The van der Waals surface area contributed by atoms with Crippen molar-refractivity contribution in [2.45, 2.75) is 44.5 Å². The molecule has 1 unspecified atom stereocenters. The predicted octanol–water partition coefficient (Wildman–Crippen LogP) is 3.39. The molecule has 0 amide bonds. The van der Waals surface area contributed by atoms with Crippen molar-refractivity contribution in [2.75, 3.05) is 37.4 Å². The molecule has 2 saturated heterocycles. The van der Waals surface area contributed by atoms with E-state index in [1.807, 2.05) is 4.90 Å². The maximum absolute atomic E-state index is 15.0. The maximum Gasteiger partial charge on any atom is 0.429 e. The van der Waals surface area contributed by atoms with Gasteiger partial charge in [-0.25, -0.2) is 9.48 Å². The van der Waals surface area contributed by atoms with E-state index in [1.54, 1.807) is 37.4 Å². The molecule has 2 aliphatic rings. The SMILES string of the molecule is COC(=O)c1ccc(-c2ccc(-n3ccc(C)n3)c([C@@H](Oc3cc(N4CCC5(CC4)CNC(C(=O)[O-])C5)nc(N)n3)C(F)(F)F)c2)cc1. The highest BCUT2D eigenvalue weighted by Crippen LogP contribution is 2.43. The van der Waals surface area contributed by atoms with Gasteiger partial charge in [0.15, 0.2) is 0 Å². The quantitative estimate of drug-likeness (QED) is 0.266. The Bertz CT molecular complexity index is 1820. The van der Waals surface area contributed by atoms with E-state index in [4.69, 9.17) is 15.2 Å². The van der Waals surface area contributed by atoms with Crippen molar-refractivity contribution in [2.24, 2.45) is 5.41 Å². The summed E-state index contributed by atoms with van der Waals surface area (Å²) in [5, 5.41) is 18.7. The van der Waals surface area contributed by atoms with Crippen LogP contribution in [-0.2, 0) is 9.53 Å². The number of aryl methyl sites for hydroxylation is 1. The number of halogens is 3. The van der Waals surface area contributed by atoms with Gasteiger partial charge in [0, 0.05) is 43.5 Å². The standard InChI is InChI=1S/C33H34F3N7O5/c1-19-9-12-43(41-19)25-8-7-22(20-3-5-21(6-4-20)30(46)47-2)15-23(25)28(33(34,35)36)48-27-16-26(39-31(37)40-27)42-13-10-32(11-14-42)17-24(29(44)45)38-18-32/h3-9,12,15-16,24,28,38H,10-11,13-14,17-18H2,1-2H3,(H,44,45)(H2,37,39,40)/p-1/t24?,28-/m1/s1. The zero-order valence-corrected chi connectivity index (χ0v) is 26.2. The average molecular weight is 665 g/mol. The number of carboxylic acids is 1. The Hall–Kier alpha value is -5.18. The van der Waals surface area contributed by atoms with Gasteiger partial charge in [0.1, 0.15) is 5.82 Å². The van der Waals surface area contributed by atoms with Crippen LogP contribution >= 0.6 is 0 Å². The lowest BCUT2D eigenvalue weighted by molar-refractivity contribution is -0.308. The van der Waals surface area contributed by atoms with E-state index in [2.05, 4.69) is 20.4 Å². The summed E-state index contributed by atoms with van der Waals surface area (Å²) in [7, 11) is 1.26. The van der Waals surface area contributed by atoms with E-state index in [0.717, 1.165) is 0 Å². The van der Waals surface area contributed by atoms with Crippen LogP contribution in [0.5, 0.6) is 5.88 Å². The zero-order valence-electron chi connectivity index (χ0n) is 26.2. The fourth-order valence-corrected chi connectivity index (χ4v) is 6.37. The van der Waals surface area contributed by atoms with Crippen LogP contribution in [0.1, 0.15) is 47.0 Å². The number of methoxy groups -OCH3 is 1. The molecule has 4 heterocycles. The number of hydrogen-bond donors (Lipinski definition) is 2. The van der Waals surface area contributed by atoms with Crippen LogP contribution in [0.25, 0.3) is 16.8 Å². The third-order valence-corrected chi connectivity index (χ3v) is 8.95. The number of alkyl halides is 3. The summed E-state index contributed by atoms with van der Waals surface area (Å²) in [6.07, 6.45) is -4.07. The number of carbonyl (C=O) groups is 2. The van der Waals surface area contributed by atoms with Gasteiger partial charge in [-0.1, -0.05) is 18.2 Å². The molecule has 1 spiro atoms. The second-order valence-corrected chi connectivity index (χ2v) is 12.1. The van der Waals surface area contributed by atoms with Crippen LogP contribution in [0.15, 0.2) is 60.8 Å². The van der Waals surface area contributed by atoms with Crippen LogP contribution in [0.2, 0.25) is 0 Å². The minimum absolute atomic E-state index is 0.143. The van der Waals surface area contributed by atoms with E-state index in [0.29, 0.717) is 67.1 Å². The largest absolute Gasteiger partial charge is 0.548 e. The molecule has 0 bridgehead atoms. The van der Waals surface area contributed by atoms with E-state index in [9.17, 15) is 27.9 Å². The number of nitrogens with zero attached hydrogens (tertiary/aromatic N) is 5. The molecule has 252 valence electrons. The van der Waals surface area contributed by atoms with Crippen molar-refractivity contribution < 1.29 is 37.3 Å². The second-order valence-electron chi connectivity index (χ2n) is 12.1. The number of nitrogens with one attached hydrogen (secondary N) is 1. The lowest BCUT2D eigenvalue weighted by Crippen LogP contribution is -2.42.